The molecule has 0 saturated heterocycles. The summed E-state index contributed by atoms with van der Waals surface area (Å²) < 4.78 is 61.2. The Morgan fingerprint density at radius 2 is 1.53 bits per heavy atom. The predicted octanol–water partition coefficient (Wildman–Crippen LogP) is 10.4. The molecule has 0 atom stereocenters. The Labute approximate surface area is 286 Å². The highest BCUT2D eigenvalue weighted by Gasteiger charge is 2.41. The van der Waals surface area contributed by atoms with Crippen molar-refractivity contribution in [3.8, 4) is 17.2 Å². The van der Waals surface area contributed by atoms with E-state index in [2.05, 4.69) is 18.7 Å². The van der Waals surface area contributed by atoms with E-state index in [1.807, 2.05) is 65.0 Å². The van der Waals surface area contributed by atoms with Gasteiger partial charge in [0.2, 0.25) is 11.2 Å². The van der Waals surface area contributed by atoms with Crippen molar-refractivity contribution in [2.24, 2.45) is 11.8 Å². The largest absolute Gasteiger partial charge is 0.453 e. The summed E-state index contributed by atoms with van der Waals surface area (Å²) in [5.41, 5.74) is 3.00. The quantitative estimate of drug-likeness (QED) is 0.0845. The summed E-state index contributed by atoms with van der Waals surface area (Å²) in [6.07, 6.45) is -2.20. The first-order chi connectivity index (χ1) is 22.9. The smallest absolute Gasteiger partial charge is 0.449 e. The lowest BCUT2D eigenvalue weighted by molar-refractivity contribution is -0.154. The van der Waals surface area contributed by atoms with Crippen LogP contribution in [0.5, 0.6) is 17.2 Å². The number of esters is 1. The van der Waals surface area contributed by atoms with Crippen LogP contribution in [0.4, 0.5) is 13.2 Å². The Hall–Kier alpha value is -4.37. The molecular formula is C40H46F3NO5. The van der Waals surface area contributed by atoms with Crippen LogP contribution in [0.15, 0.2) is 63.8 Å². The maximum atomic E-state index is 14.7. The van der Waals surface area contributed by atoms with Gasteiger partial charge in [-0.3, -0.25) is 9.69 Å². The Morgan fingerprint density at radius 1 is 0.898 bits per heavy atom. The maximum absolute atomic E-state index is 14.7. The van der Waals surface area contributed by atoms with Crippen LogP contribution in [-0.2, 0) is 17.5 Å². The summed E-state index contributed by atoms with van der Waals surface area (Å²) in [7, 11) is 0. The lowest BCUT2D eigenvalue weighted by Crippen LogP contribution is -2.31. The van der Waals surface area contributed by atoms with Crippen molar-refractivity contribution < 1.29 is 31.9 Å². The second kappa shape index (κ2) is 15.5. The minimum Gasteiger partial charge on any atom is -0.449 e. The first-order valence-electron chi connectivity index (χ1n) is 16.6. The van der Waals surface area contributed by atoms with Crippen molar-refractivity contribution in [2.75, 3.05) is 13.1 Å². The van der Waals surface area contributed by atoms with Crippen molar-refractivity contribution in [1.29, 1.82) is 0 Å². The highest BCUT2D eigenvalue weighted by Crippen LogP contribution is 2.41. The van der Waals surface area contributed by atoms with Gasteiger partial charge in [0.1, 0.15) is 17.1 Å². The summed E-state index contributed by atoms with van der Waals surface area (Å²) in [6, 6.07) is 14.0. The lowest BCUT2D eigenvalue weighted by atomic mass is 10.0. The molecule has 0 radical (unpaired) electrons. The molecule has 6 nitrogen and oxygen atoms in total. The second-order valence-corrected chi connectivity index (χ2v) is 13.9. The molecule has 262 valence electrons. The predicted molar refractivity (Wildman–Crippen MR) is 188 cm³/mol. The van der Waals surface area contributed by atoms with Gasteiger partial charge in [0.15, 0.2) is 0 Å². The molecule has 0 spiro atoms. The van der Waals surface area contributed by atoms with Gasteiger partial charge in [0.05, 0.1) is 10.9 Å². The lowest BCUT2D eigenvalue weighted by Gasteiger charge is -2.27. The molecule has 0 fully saturated rings. The molecule has 0 unspecified atom stereocenters. The third-order valence-corrected chi connectivity index (χ3v) is 8.17. The van der Waals surface area contributed by atoms with Crippen LogP contribution >= 0.6 is 0 Å². The van der Waals surface area contributed by atoms with Crippen LogP contribution in [-0.4, -0.2) is 24.0 Å². The molecule has 0 amide bonds. The first-order valence-corrected chi connectivity index (χ1v) is 16.6. The number of rotatable bonds is 12. The SMILES string of the molecule is Cc1cc(C)c(C)c(Oc2c(C(F)(F)F)oc3c(CN(CC(C)C)CC(C)C)c(OC(=O)/C=C/c4ccc(C(C)C)cc4)ccc3c2=O)c1. The van der Waals surface area contributed by atoms with Gasteiger partial charge in [-0.1, -0.05) is 71.9 Å². The number of alkyl halides is 3. The zero-order valence-corrected chi connectivity index (χ0v) is 29.7. The van der Waals surface area contributed by atoms with Gasteiger partial charge in [0, 0.05) is 25.7 Å². The van der Waals surface area contributed by atoms with E-state index in [1.54, 1.807) is 26.0 Å². The molecule has 1 aromatic heterocycles. The topological polar surface area (TPSA) is 69.0 Å². The molecule has 0 bridgehead atoms. The van der Waals surface area contributed by atoms with E-state index in [0.717, 1.165) is 22.3 Å². The van der Waals surface area contributed by atoms with Gasteiger partial charge in [-0.15, -0.1) is 0 Å². The molecule has 4 aromatic rings. The number of benzene rings is 3. The van der Waals surface area contributed by atoms with Crippen LogP contribution in [0.2, 0.25) is 0 Å². The molecule has 0 aliphatic carbocycles. The normalized spacial score (nSPS) is 12.3. The molecule has 1 heterocycles. The van der Waals surface area contributed by atoms with E-state index in [-0.39, 0.29) is 46.4 Å². The van der Waals surface area contributed by atoms with E-state index >= 15 is 0 Å². The Kier molecular flexibility index (Phi) is 11.8. The van der Waals surface area contributed by atoms with Crippen molar-refractivity contribution in [3.05, 3.63) is 104 Å². The van der Waals surface area contributed by atoms with Gasteiger partial charge in [-0.25, -0.2) is 4.79 Å². The Bertz CT molecular complexity index is 1880. The third-order valence-electron chi connectivity index (χ3n) is 8.17. The maximum Gasteiger partial charge on any atom is 0.453 e. The summed E-state index contributed by atoms with van der Waals surface area (Å²) in [5, 5.41) is -0.116. The molecule has 4 rings (SSSR count). The number of nitrogens with zero attached hydrogens (tertiary/aromatic N) is 1. The number of hydrogen-bond acceptors (Lipinski definition) is 6. The highest BCUT2D eigenvalue weighted by atomic mass is 19.4. The minimum atomic E-state index is -5.07. The van der Waals surface area contributed by atoms with Crippen molar-refractivity contribution >= 4 is 23.0 Å². The van der Waals surface area contributed by atoms with E-state index in [1.165, 1.54) is 18.2 Å². The summed E-state index contributed by atoms with van der Waals surface area (Å²) in [4.78, 5) is 29.1. The van der Waals surface area contributed by atoms with Gasteiger partial charge in [-0.2, -0.15) is 13.2 Å². The third kappa shape index (κ3) is 9.41. The standard InChI is InChI=1S/C40H46F3NO5/c1-23(2)20-44(21-24(3)4)22-32-33(47-35(45)17-12-29-10-13-30(14-11-29)25(5)6)16-15-31-36(46)38(39(40(41,42)43)49-37(31)32)48-34-19-26(7)18-27(8)28(34)9/h10-19,23-25H,20-22H2,1-9H3/b17-12+. The van der Waals surface area contributed by atoms with Crippen LogP contribution in [0.25, 0.3) is 17.0 Å². The minimum absolute atomic E-state index is 0.00455. The zero-order chi connectivity index (χ0) is 36.2. The van der Waals surface area contributed by atoms with E-state index < -0.39 is 29.1 Å². The number of aryl methyl sites for hydroxylation is 2. The van der Waals surface area contributed by atoms with Crippen LogP contribution in [0.3, 0.4) is 0 Å². The van der Waals surface area contributed by atoms with Gasteiger partial charge in [0.25, 0.3) is 5.76 Å². The van der Waals surface area contributed by atoms with Crippen LogP contribution in [0, 0.1) is 32.6 Å². The molecule has 0 aliphatic rings. The number of carbonyl (C=O) groups is 1. The summed E-state index contributed by atoms with van der Waals surface area (Å²) in [5.74, 6) is -2.29. The van der Waals surface area contributed by atoms with Crippen LogP contribution < -0.4 is 14.9 Å². The zero-order valence-electron chi connectivity index (χ0n) is 29.7. The molecule has 3 aromatic carbocycles. The average molecular weight is 678 g/mol. The van der Waals surface area contributed by atoms with E-state index in [0.29, 0.717) is 24.6 Å². The van der Waals surface area contributed by atoms with Crippen molar-refractivity contribution in [2.45, 2.75) is 81.0 Å². The van der Waals surface area contributed by atoms with Gasteiger partial charge in [-0.05, 0) is 90.6 Å². The van der Waals surface area contributed by atoms with Crippen molar-refractivity contribution in [3.63, 3.8) is 0 Å². The number of carbonyl (C=O) groups excluding carboxylic acids is 1. The van der Waals surface area contributed by atoms with E-state index in [9.17, 15) is 22.8 Å². The number of fused-ring (bicyclic) bond motifs is 1. The molecule has 0 aliphatic heterocycles. The first kappa shape index (κ1) is 37.4. The Balaban J connectivity index is 1.87. The molecule has 49 heavy (non-hydrogen) atoms. The highest BCUT2D eigenvalue weighted by molar-refractivity contribution is 5.90. The monoisotopic (exact) mass is 677 g/mol. The fourth-order valence-corrected chi connectivity index (χ4v) is 5.78. The molecule has 0 saturated carbocycles. The fourth-order valence-electron chi connectivity index (χ4n) is 5.78. The van der Waals surface area contributed by atoms with Gasteiger partial charge < -0.3 is 13.9 Å². The summed E-state index contributed by atoms with van der Waals surface area (Å²) >= 11 is 0. The van der Waals surface area contributed by atoms with Crippen LogP contribution in [0.1, 0.15) is 86.6 Å². The fraction of sp³-hybridized carbons (Fsp3) is 0.400. The Morgan fingerprint density at radius 3 is 2.10 bits per heavy atom. The van der Waals surface area contributed by atoms with E-state index in [4.69, 9.17) is 13.9 Å². The summed E-state index contributed by atoms with van der Waals surface area (Å²) in [6.45, 7) is 18.9. The number of halogens is 3. The molecule has 0 N–H and O–H groups in total. The second-order valence-electron chi connectivity index (χ2n) is 13.9. The molecule has 9 heteroatoms. The number of ether oxygens (including phenoxy) is 2. The van der Waals surface area contributed by atoms with Crippen molar-refractivity contribution in [1.82, 2.24) is 4.90 Å². The average Bonchev–Trinajstić information content (AvgIpc) is 2.99. The molecular weight excluding hydrogens is 631 g/mol. The van der Waals surface area contributed by atoms with Gasteiger partial charge >= 0.3 is 12.1 Å². The number of hydrogen-bond donors (Lipinski definition) is 0.